The molecule has 0 unspecified atom stereocenters. The first-order valence-electron chi connectivity index (χ1n) is 5.87. The summed E-state index contributed by atoms with van der Waals surface area (Å²) in [5.74, 6) is 1.88. The average Bonchev–Trinajstić information content (AvgIpc) is 3.10. The summed E-state index contributed by atoms with van der Waals surface area (Å²) in [6, 6.07) is 6.54. The molecule has 2 aliphatic rings. The lowest BCUT2D eigenvalue weighted by Crippen LogP contribution is -2.23. The molecule has 1 N–H and O–H groups in total. The highest BCUT2D eigenvalue weighted by atomic mass is 16.5. The maximum atomic E-state index is 5.77. The minimum Gasteiger partial charge on any atom is -0.493 e. The third-order valence-electron chi connectivity index (χ3n) is 3.25. The summed E-state index contributed by atoms with van der Waals surface area (Å²) in [6.07, 6.45) is 3.86. The van der Waals surface area contributed by atoms with Gasteiger partial charge < -0.3 is 10.1 Å². The van der Waals surface area contributed by atoms with Crippen LogP contribution in [0.4, 0.5) is 0 Å². The standard InChI is InChI=1S/C13H17NO/c1-2-10(1)9-15-13-4-3-11-5-6-14-8-12(11)7-13/h3-4,7,10,14H,1-2,5-6,8-9H2. The van der Waals surface area contributed by atoms with Crippen molar-refractivity contribution in [2.24, 2.45) is 5.92 Å². The number of benzene rings is 1. The van der Waals surface area contributed by atoms with Crippen molar-refractivity contribution in [1.29, 1.82) is 0 Å². The molecule has 0 amide bonds. The first-order valence-corrected chi connectivity index (χ1v) is 5.87. The summed E-state index contributed by atoms with van der Waals surface area (Å²) in [5.41, 5.74) is 2.89. The summed E-state index contributed by atoms with van der Waals surface area (Å²) < 4.78 is 5.77. The maximum Gasteiger partial charge on any atom is 0.119 e. The van der Waals surface area contributed by atoms with Gasteiger partial charge in [0.05, 0.1) is 6.61 Å². The number of ether oxygens (including phenoxy) is 1. The number of fused-ring (bicyclic) bond motifs is 1. The van der Waals surface area contributed by atoms with Gasteiger partial charge in [-0.1, -0.05) is 6.07 Å². The van der Waals surface area contributed by atoms with Crippen LogP contribution in [0.3, 0.4) is 0 Å². The Kier molecular flexibility index (Phi) is 2.37. The minimum absolute atomic E-state index is 0.833. The molecular formula is C13H17NO. The van der Waals surface area contributed by atoms with Gasteiger partial charge in [-0.2, -0.15) is 0 Å². The third kappa shape index (κ3) is 2.15. The van der Waals surface area contributed by atoms with Crippen LogP contribution in [0.1, 0.15) is 24.0 Å². The second-order valence-corrected chi connectivity index (χ2v) is 4.61. The van der Waals surface area contributed by atoms with Gasteiger partial charge in [-0.25, -0.2) is 0 Å². The Morgan fingerprint density at radius 3 is 3.07 bits per heavy atom. The zero-order valence-electron chi connectivity index (χ0n) is 8.96. The molecule has 3 rings (SSSR count). The van der Waals surface area contributed by atoms with Crippen LogP contribution in [-0.2, 0) is 13.0 Å². The van der Waals surface area contributed by atoms with Crippen LogP contribution in [-0.4, -0.2) is 13.2 Å². The van der Waals surface area contributed by atoms with Crippen molar-refractivity contribution >= 4 is 0 Å². The second-order valence-electron chi connectivity index (χ2n) is 4.61. The summed E-state index contributed by atoms with van der Waals surface area (Å²) in [4.78, 5) is 0. The Morgan fingerprint density at radius 2 is 2.20 bits per heavy atom. The lowest BCUT2D eigenvalue weighted by molar-refractivity contribution is 0.299. The van der Waals surface area contributed by atoms with Crippen molar-refractivity contribution < 1.29 is 4.74 Å². The van der Waals surface area contributed by atoms with E-state index in [0.717, 1.165) is 37.8 Å². The van der Waals surface area contributed by atoms with Crippen LogP contribution in [0.2, 0.25) is 0 Å². The van der Waals surface area contributed by atoms with Crippen molar-refractivity contribution in [2.75, 3.05) is 13.2 Å². The van der Waals surface area contributed by atoms with Crippen LogP contribution in [0.15, 0.2) is 18.2 Å². The molecule has 15 heavy (non-hydrogen) atoms. The van der Waals surface area contributed by atoms with E-state index in [1.54, 1.807) is 0 Å². The van der Waals surface area contributed by atoms with Gasteiger partial charge in [0.15, 0.2) is 0 Å². The predicted molar refractivity (Wildman–Crippen MR) is 60.1 cm³/mol. The van der Waals surface area contributed by atoms with Crippen LogP contribution in [0.5, 0.6) is 5.75 Å². The summed E-state index contributed by atoms with van der Waals surface area (Å²) in [5, 5.41) is 3.39. The Labute approximate surface area is 90.6 Å². The monoisotopic (exact) mass is 203 g/mol. The topological polar surface area (TPSA) is 21.3 Å². The third-order valence-corrected chi connectivity index (χ3v) is 3.25. The van der Waals surface area contributed by atoms with E-state index >= 15 is 0 Å². The minimum atomic E-state index is 0.833. The Morgan fingerprint density at radius 1 is 1.27 bits per heavy atom. The molecule has 1 aliphatic heterocycles. The largest absolute Gasteiger partial charge is 0.493 e. The first-order chi connectivity index (χ1) is 7.42. The van der Waals surface area contributed by atoms with Crippen LogP contribution < -0.4 is 10.1 Å². The highest BCUT2D eigenvalue weighted by molar-refractivity contribution is 5.37. The molecule has 0 bridgehead atoms. The zero-order valence-corrected chi connectivity index (χ0v) is 8.96. The van der Waals surface area contributed by atoms with Crippen molar-refractivity contribution in [3.8, 4) is 5.75 Å². The molecule has 0 aromatic heterocycles. The molecule has 1 aromatic carbocycles. The normalized spacial score (nSPS) is 19.7. The van der Waals surface area contributed by atoms with Crippen molar-refractivity contribution in [3.63, 3.8) is 0 Å². The number of nitrogens with one attached hydrogen (secondary N) is 1. The van der Waals surface area contributed by atoms with E-state index in [1.165, 1.54) is 24.0 Å². The fourth-order valence-corrected chi connectivity index (χ4v) is 2.05. The van der Waals surface area contributed by atoms with Gasteiger partial charge in [-0.05, 0) is 55.0 Å². The molecule has 1 aliphatic carbocycles. The van der Waals surface area contributed by atoms with Gasteiger partial charge in [-0.3, -0.25) is 0 Å². The molecule has 1 aromatic rings. The SMILES string of the molecule is c1cc2c(cc1OCC1CC1)CNCC2. The lowest BCUT2D eigenvalue weighted by atomic mass is 10.0. The molecule has 0 radical (unpaired) electrons. The quantitative estimate of drug-likeness (QED) is 0.812. The number of hydrogen-bond acceptors (Lipinski definition) is 2. The Balaban J connectivity index is 1.71. The second kappa shape index (κ2) is 3.86. The van der Waals surface area contributed by atoms with E-state index in [9.17, 15) is 0 Å². The molecule has 2 heteroatoms. The van der Waals surface area contributed by atoms with Crippen molar-refractivity contribution in [3.05, 3.63) is 29.3 Å². The van der Waals surface area contributed by atoms with Gasteiger partial charge in [0.25, 0.3) is 0 Å². The highest BCUT2D eigenvalue weighted by Gasteiger charge is 2.22. The van der Waals surface area contributed by atoms with E-state index in [-0.39, 0.29) is 0 Å². The summed E-state index contributed by atoms with van der Waals surface area (Å²) >= 11 is 0. The number of hydrogen-bond donors (Lipinski definition) is 1. The summed E-state index contributed by atoms with van der Waals surface area (Å²) in [6.45, 7) is 3.01. The van der Waals surface area contributed by atoms with Crippen LogP contribution in [0.25, 0.3) is 0 Å². The van der Waals surface area contributed by atoms with E-state index in [1.807, 2.05) is 0 Å². The van der Waals surface area contributed by atoms with Gasteiger partial charge in [0.2, 0.25) is 0 Å². The smallest absolute Gasteiger partial charge is 0.119 e. The fraction of sp³-hybridized carbons (Fsp3) is 0.538. The van der Waals surface area contributed by atoms with E-state index in [4.69, 9.17) is 4.74 Å². The molecule has 0 atom stereocenters. The van der Waals surface area contributed by atoms with E-state index in [2.05, 4.69) is 23.5 Å². The molecule has 1 heterocycles. The van der Waals surface area contributed by atoms with Crippen molar-refractivity contribution in [2.45, 2.75) is 25.8 Å². The number of rotatable bonds is 3. The molecule has 2 nitrogen and oxygen atoms in total. The Hall–Kier alpha value is -1.02. The van der Waals surface area contributed by atoms with E-state index < -0.39 is 0 Å². The van der Waals surface area contributed by atoms with Gasteiger partial charge in [-0.15, -0.1) is 0 Å². The Bertz CT molecular complexity index is 358. The predicted octanol–water partition coefficient (Wildman–Crippen LogP) is 2.12. The van der Waals surface area contributed by atoms with Crippen LogP contribution >= 0.6 is 0 Å². The first kappa shape index (κ1) is 9.22. The van der Waals surface area contributed by atoms with Crippen molar-refractivity contribution in [1.82, 2.24) is 5.32 Å². The average molecular weight is 203 g/mol. The maximum absolute atomic E-state index is 5.77. The van der Waals surface area contributed by atoms with Crippen LogP contribution in [0, 0.1) is 5.92 Å². The molecule has 80 valence electrons. The molecule has 0 saturated heterocycles. The van der Waals surface area contributed by atoms with Gasteiger partial charge in [0, 0.05) is 6.54 Å². The fourth-order valence-electron chi connectivity index (χ4n) is 2.05. The molecule has 1 fully saturated rings. The lowest BCUT2D eigenvalue weighted by Gasteiger charge is -2.18. The molecule has 0 spiro atoms. The summed E-state index contributed by atoms with van der Waals surface area (Å²) in [7, 11) is 0. The van der Waals surface area contributed by atoms with E-state index in [0.29, 0.717) is 0 Å². The molecule has 1 saturated carbocycles. The van der Waals surface area contributed by atoms with Gasteiger partial charge >= 0.3 is 0 Å². The molecular weight excluding hydrogens is 186 g/mol. The van der Waals surface area contributed by atoms with Gasteiger partial charge in [0.1, 0.15) is 5.75 Å². The highest BCUT2D eigenvalue weighted by Crippen LogP contribution is 2.30. The zero-order chi connectivity index (χ0) is 10.1.